The van der Waals surface area contributed by atoms with E-state index in [1.165, 1.54) is 0 Å². The van der Waals surface area contributed by atoms with Crippen LogP contribution in [0.3, 0.4) is 0 Å². The van der Waals surface area contributed by atoms with Crippen molar-refractivity contribution in [2.24, 2.45) is 0 Å². The van der Waals surface area contributed by atoms with E-state index in [9.17, 15) is 9.18 Å². The van der Waals surface area contributed by atoms with Crippen LogP contribution in [0.5, 0.6) is 0 Å². The molecule has 1 fully saturated rings. The van der Waals surface area contributed by atoms with E-state index in [0.717, 1.165) is 38.2 Å². The van der Waals surface area contributed by atoms with E-state index in [1.807, 2.05) is 30.3 Å². The van der Waals surface area contributed by atoms with Crippen LogP contribution in [0.4, 0.5) is 4.39 Å². The summed E-state index contributed by atoms with van der Waals surface area (Å²) in [7, 11) is 0. The van der Waals surface area contributed by atoms with Gasteiger partial charge in [0.15, 0.2) is 5.65 Å². The van der Waals surface area contributed by atoms with Crippen molar-refractivity contribution in [1.29, 1.82) is 0 Å². The van der Waals surface area contributed by atoms with Gasteiger partial charge < -0.3 is 5.32 Å². The number of halogens is 1. The third-order valence-electron chi connectivity index (χ3n) is 5.12. The standard InChI is InChI=1S/C19H23FN6O/c1-2-14(25-10-8-21-9-11-25)18-22-17-15(16(20)23-24-17)19(27)26(18)12-13-6-4-3-5-7-13/h3-7,14,21H,2,8-12H2,1H3,(H,23,24). The van der Waals surface area contributed by atoms with Gasteiger partial charge in [0.2, 0.25) is 5.95 Å². The van der Waals surface area contributed by atoms with Crippen LogP contribution >= 0.6 is 0 Å². The third kappa shape index (κ3) is 3.38. The van der Waals surface area contributed by atoms with Gasteiger partial charge in [0.05, 0.1) is 12.6 Å². The molecule has 0 amide bonds. The first kappa shape index (κ1) is 17.8. The van der Waals surface area contributed by atoms with Gasteiger partial charge in [-0.2, -0.15) is 9.49 Å². The molecule has 3 heterocycles. The normalized spacial score (nSPS) is 16.7. The number of benzene rings is 1. The van der Waals surface area contributed by atoms with E-state index < -0.39 is 11.5 Å². The van der Waals surface area contributed by atoms with Crippen LogP contribution in [-0.4, -0.2) is 50.8 Å². The minimum absolute atomic E-state index is 0.0207. The predicted octanol–water partition coefficient (Wildman–Crippen LogP) is 1.66. The van der Waals surface area contributed by atoms with Crippen LogP contribution in [0, 0.1) is 5.95 Å². The zero-order valence-electron chi connectivity index (χ0n) is 15.3. The van der Waals surface area contributed by atoms with E-state index in [2.05, 4.69) is 32.3 Å². The molecule has 1 aromatic carbocycles. The zero-order valence-corrected chi connectivity index (χ0v) is 15.3. The summed E-state index contributed by atoms with van der Waals surface area (Å²) in [4.78, 5) is 20.1. The number of rotatable bonds is 5. The maximum Gasteiger partial charge on any atom is 0.268 e. The molecular weight excluding hydrogens is 347 g/mol. The van der Waals surface area contributed by atoms with Crippen molar-refractivity contribution in [2.75, 3.05) is 26.2 Å². The first-order chi connectivity index (χ1) is 13.2. The van der Waals surface area contributed by atoms with Crippen molar-refractivity contribution >= 4 is 11.0 Å². The van der Waals surface area contributed by atoms with Crippen molar-refractivity contribution in [3.63, 3.8) is 0 Å². The van der Waals surface area contributed by atoms with Gasteiger partial charge >= 0.3 is 0 Å². The third-order valence-corrected chi connectivity index (χ3v) is 5.12. The molecule has 0 spiro atoms. The Balaban J connectivity index is 1.86. The van der Waals surface area contributed by atoms with Crippen molar-refractivity contribution in [3.8, 4) is 0 Å². The van der Waals surface area contributed by atoms with Gasteiger partial charge in [-0.15, -0.1) is 0 Å². The number of piperazine rings is 1. The highest BCUT2D eigenvalue weighted by molar-refractivity contribution is 5.73. The number of fused-ring (bicyclic) bond motifs is 1. The Bertz CT molecular complexity index is 977. The molecule has 4 rings (SSSR count). The minimum atomic E-state index is -0.730. The van der Waals surface area contributed by atoms with Gasteiger partial charge in [0.25, 0.3) is 5.56 Å². The Morgan fingerprint density at radius 1 is 1.22 bits per heavy atom. The average Bonchev–Trinajstić information content (AvgIpc) is 3.08. The average molecular weight is 370 g/mol. The number of hydrogen-bond acceptors (Lipinski definition) is 5. The van der Waals surface area contributed by atoms with Crippen molar-refractivity contribution in [3.05, 3.63) is 58.0 Å². The molecule has 0 aliphatic carbocycles. The fraction of sp³-hybridized carbons (Fsp3) is 0.421. The monoisotopic (exact) mass is 370 g/mol. The lowest BCUT2D eigenvalue weighted by Crippen LogP contribution is -2.46. The van der Waals surface area contributed by atoms with Gasteiger partial charge in [-0.1, -0.05) is 37.3 Å². The maximum absolute atomic E-state index is 14.1. The summed E-state index contributed by atoms with van der Waals surface area (Å²) < 4.78 is 15.7. The molecule has 1 aliphatic rings. The molecule has 7 nitrogen and oxygen atoms in total. The molecule has 2 aromatic heterocycles. The van der Waals surface area contributed by atoms with Gasteiger partial charge in [0, 0.05) is 26.2 Å². The highest BCUT2D eigenvalue weighted by Gasteiger charge is 2.27. The molecule has 1 aliphatic heterocycles. The van der Waals surface area contributed by atoms with Gasteiger partial charge in [0.1, 0.15) is 11.2 Å². The molecule has 1 saturated heterocycles. The lowest BCUT2D eigenvalue weighted by Gasteiger charge is -2.34. The largest absolute Gasteiger partial charge is 0.314 e. The summed E-state index contributed by atoms with van der Waals surface area (Å²) in [5.74, 6) is -0.0849. The first-order valence-corrected chi connectivity index (χ1v) is 9.32. The van der Waals surface area contributed by atoms with Gasteiger partial charge in [-0.3, -0.25) is 19.4 Å². The molecule has 0 saturated carbocycles. The Kier molecular flexibility index (Phi) is 5.00. The maximum atomic E-state index is 14.1. The molecule has 27 heavy (non-hydrogen) atoms. The van der Waals surface area contributed by atoms with E-state index in [0.29, 0.717) is 12.4 Å². The summed E-state index contributed by atoms with van der Waals surface area (Å²) in [6.07, 6.45) is 0.805. The number of hydrogen-bond donors (Lipinski definition) is 2. The second-order valence-corrected chi connectivity index (χ2v) is 6.79. The predicted molar refractivity (Wildman–Crippen MR) is 101 cm³/mol. The number of nitrogens with one attached hydrogen (secondary N) is 2. The lowest BCUT2D eigenvalue weighted by molar-refractivity contribution is 0.159. The first-order valence-electron chi connectivity index (χ1n) is 9.32. The van der Waals surface area contributed by atoms with Crippen LogP contribution in [0.1, 0.15) is 30.8 Å². The molecule has 3 aromatic rings. The summed E-state index contributed by atoms with van der Waals surface area (Å²) in [5, 5.41) is 9.42. The Morgan fingerprint density at radius 3 is 2.67 bits per heavy atom. The summed E-state index contributed by atoms with van der Waals surface area (Å²) in [5.41, 5.74) is 0.727. The van der Waals surface area contributed by atoms with Crippen LogP contribution < -0.4 is 10.9 Å². The van der Waals surface area contributed by atoms with Crippen LogP contribution in [0.25, 0.3) is 11.0 Å². The van der Waals surface area contributed by atoms with Crippen LogP contribution in [-0.2, 0) is 6.54 Å². The minimum Gasteiger partial charge on any atom is -0.314 e. The lowest BCUT2D eigenvalue weighted by atomic mass is 10.1. The van der Waals surface area contributed by atoms with E-state index in [-0.39, 0.29) is 17.1 Å². The summed E-state index contributed by atoms with van der Waals surface area (Å²) in [6.45, 7) is 6.00. The molecule has 8 heteroatoms. The van der Waals surface area contributed by atoms with Crippen molar-refractivity contribution < 1.29 is 4.39 Å². The highest BCUT2D eigenvalue weighted by atomic mass is 19.1. The van der Waals surface area contributed by atoms with E-state index in [4.69, 9.17) is 0 Å². The topological polar surface area (TPSA) is 78.8 Å². The highest BCUT2D eigenvalue weighted by Crippen LogP contribution is 2.24. The molecule has 2 N–H and O–H groups in total. The smallest absolute Gasteiger partial charge is 0.268 e. The molecular formula is C19H23FN6O. The molecule has 0 bridgehead atoms. The van der Waals surface area contributed by atoms with E-state index >= 15 is 0 Å². The molecule has 1 unspecified atom stereocenters. The Labute approximate surface area is 156 Å². The summed E-state index contributed by atoms with van der Waals surface area (Å²) >= 11 is 0. The fourth-order valence-corrected chi connectivity index (χ4v) is 3.76. The Morgan fingerprint density at radius 2 is 1.96 bits per heavy atom. The van der Waals surface area contributed by atoms with Gasteiger partial charge in [-0.25, -0.2) is 4.98 Å². The number of nitrogens with zero attached hydrogens (tertiary/aromatic N) is 4. The summed E-state index contributed by atoms with van der Waals surface area (Å²) in [6, 6.07) is 9.68. The fourth-order valence-electron chi connectivity index (χ4n) is 3.76. The van der Waals surface area contributed by atoms with Gasteiger partial charge in [-0.05, 0) is 12.0 Å². The second kappa shape index (κ2) is 7.58. The molecule has 142 valence electrons. The molecule has 1 atom stereocenters. The van der Waals surface area contributed by atoms with Crippen molar-refractivity contribution in [2.45, 2.75) is 25.9 Å². The van der Waals surface area contributed by atoms with Crippen molar-refractivity contribution in [1.82, 2.24) is 30.0 Å². The zero-order chi connectivity index (χ0) is 18.8. The van der Waals surface area contributed by atoms with Crippen LogP contribution in [0.15, 0.2) is 35.1 Å². The Hall–Kier alpha value is -2.58. The number of H-pyrrole nitrogens is 1. The SMILES string of the molecule is CCC(c1nc2n[nH]c(F)c2c(=O)n1Cc1ccccc1)N1CCNCC1. The molecule has 0 radical (unpaired) electrons. The number of aromatic nitrogens is 4. The quantitative estimate of drug-likeness (QED) is 0.714. The van der Waals surface area contributed by atoms with Crippen LogP contribution in [0.2, 0.25) is 0 Å². The van der Waals surface area contributed by atoms with E-state index in [1.54, 1.807) is 4.57 Å². The second-order valence-electron chi connectivity index (χ2n) is 6.79. The number of aromatic amines is 1.